The third-order valence-corrected chi connectivity index (χ3v) is 8.63. The lowest BCUT2D eigenvalue weighted by Gasteiger charge is -2.17. The number of nitrogens with one attached hydrogen (secondary N) is 3. The van der Waals surface area contributed by atoms with Crippen molar-refractivity contribution in [1.29, 1.82) is 0 Å². The summed E-state index contributed by atoms with van der Waals surface area (Å²) in [5.41, 5.74) is 4.89. The summed E-state index contributed by atoms with van der Waals surface area (Å²) in [6, 6.07) is 10.2. The second-order valence-corrected chi connectivity index (χ2v) is 12.0. The first kappa shape index (κ1) is 29.4. The number of hydrogen-bond acceptors (Lipinski definition) is 5. The Morgan fingerprint density at radius 3 is 2.55 bits per heavy atom. The van der Waals surface area contributed by atoms with Crippen molar-refractivity contribution < 1.29 is 22.7 Å². The van der Waals surface area contributed by atoms with Gasteiger partial charge in [-0.25, -0.2) is 17.9 Å². The summed E-state index contributed by atoms with van der Waals surface area (Å²) < 4.78 is 33.2. The molecule has 3 amide bonds. The van der Waals surface area contributed by atoms with Crippen LogP contribution in [0.25, 0.3) is 0 Å². The van der Waals surface area contributed by atoms with Crippen LogP contribution in [-0.2, 0) is 16.4 Å². The molecule has 0 saturated heterocycles. The topological polar surface area (TPSA) is 114 Å². The van der Waals surface area contributed by atoms with Gasteiger partial charge in [-0.15, -0.1) is 0 Å². The molecule has 8 nitrogen and oxygen atoms in total. The summed E-state index contributed by atoms with van der Waals surface area (Å²) in [6.07, 6.45) is 9.27. The Hall–Kier alpha value is -3.56. The van der Waals surface area contributed by atoms with Crippen molar-refractivity contribution in [2.75, 3.05) is 13.7 Å². The molecule has 3 N–H and O–H groups in total. The SMILES string of the molecule is C=C1CCCC/C=C2/CCCC2=C1NC(=O)NS(=O)(=O)c1ccc(CCNC(=O)c2cc(Cl)ccc2OC)cc1. The summed E-state index contributed by atoms with van der Waals surface area (Å²) in [5, 5.41) is 6.03. The summed E-state index contributed by atoms with van der Waals surface area (Å²) in [6.45, 7) is 4.48. The van der Waals surface area contributed by atoms with Crippen molar-refractivity contribution >= 4 is 33.6 Å². The van der Waals surface area contributed by atoms with E-state index in [1.807, 2.05) is 0 Å². The number of allylic oxidation sites excluding steroid dienone is 4. The predicted molar refractivity (Wildman–Crippen MR) is 156 cm³/mol. The molecule has 0 heterocycles. The van der Waals surface area contributed by atoms with Gasteiger partial charge in [-0.2, -0.15) is 0 Å². The van der Waals surface area contributed by atoms with Crippen LogP contribution in [0, 0.1) is 0 Å². The Kier molecular flexibility index (Phi) is 9.71. The predicted octanol–water partition coefficient (Wildman–Crippen LogP) is 5.80. The van der Waals surface area contributed by atoms with Crippen LogP contribution >= 0.6 is 11.6 Å². The van der Waals surface area contributed by atoms with Crippen LogP contribution in [0.5, 0.6) is 5.75 Å². The Balaban J connectivity index is 1.36. The fraction of sp³-hybridized carbons (Fsp3) is 0.333. The fourth-order valence-corrected chi connectivity index (χ4v) is 6.05. The number of fused-ring (bicyclic) bond motifs is 1. The summed E-state index contributed by atoms with van der Waals surface area (Å²) >= 11 is 6.00. The van der Waals surface area contributed by atoms with E-state index in [1.54, 1.807) is 24.3 Å². The normalized spacial score (nSPS) is 17.1. The van der Waals surface area contributed by atoms with E-state index in [1.165, 1.54) is 30.9 Å². The maximum atomic E-state index is 12.9. The number of carbonyl (C=O) groups is 2. The van der Waals surface area contributed by atoms with Crippen LogP contribution in [0.2, 0.25) is 5.02 Å². The number of halogens is 1. The van der Waals surface area contributed by atoms with Crippen molar-refractivity contribution in [3.05, 3.63) is 93.7 Å². The van der Waals surface area contributed by atoms with E-state index >= 15 is 0 Å². The van der Waals surface area contributed by atoms with E-state index in [0.717, 1.165) is 61.7 Å². The number of rotatable bonds is 8. The Morgan fingerprint density at radius 2 is 1.80 bits per heavy atom. The van der Waals surface area contributed by atoms with Gasteiger partial charge >= 0.3 is 6.03 Å². The minimum Gasteiger partial charge on any atom is -0.496 e. The molecule has 1 fully saturated rings. The zero-order valence-electron chi connectivity index (χ0n) is 22.5. The van der Waals surface area contributed by atoms with Crippen molar-refractivity contribution in [2.24, 2.45) is 0 Å². The van der Waals surface area contributed by atoms with Crippen LogP contribution < -0.4 is 20.1 Å². The van der Waals surface area contributed by atoms with Crippen LogP contribution in [0.4, 0.5) is 4.79 Å². The Morgan fingerprint density at radius 1 is 1.02 bits per heavy atom. The second kappa shape index (κ2) is 13.2. The van der Waals surface area contributed by atoms with Gasteiger partial charge < -0.3 is 15.4 Å². The second-order valence-electron chi connectivity index (χ2n) is 9.84. The van der Waals surface area contributed by atoms with Crippen molar-refractivity contribution in [2.45, 2.75) is 56.3 Å². The molecular formula is C30H34ClN3O5S. The molecule has 4 rings (SSSR count). The smallest absolute Gasteiger partial charge is 0.333 e. The average Bonchev–Trinajstić information content (AvgIpc) is 3.40. The minimum absolute atomic E-state index is 0.0357. The number of hydrogen-bond donors (Lipinski definition) is 3. The van der Waals surface area contributed by atoms with Crippen molar-refractivity contribution in [3.63, 3.8) is 0 Å². The lowest BCUT2D eigenvalue weighted by Crippen LogP contribution is -2.39. The largest absolute Gasteiger partial charge is 0.496 e. The van der Waals surface area contributed by atoms with E-state index < -0.39 is 16.1 Å². The molecule has 0 aromatic heterocycles. The van der Waals surface area contributed by atoms with Gasteiger partial charge in [-0.1, -0.05) is 36.4 Å². The number of amides is 3. The fourth-order valence-electron chi connectivity index (χ4n) is 4.97. The summed E-state index contributed by atoms with van der Waals surface area (Å²) in [7, 11) is -2.62. The lowest BCUT2D eigenvalue weighted by atomic mass is 10.0. The lowest BCUT2D eigenvalue weighted by molar-refractivity contribution is 0.0951. The molecule has 1 saturated carbocycles. The molecule has 0 aliphatic heterocycles. The molecule has 0 spiro atoms. The molecule has 212 valence electrons. The van der Waals surface area contributed by atoms with E-state index in [2.05, 4.69) is 28.0 Å². The van der Waals surface area contributed by atoms with Crippen LogP contribution in [0.3, 0.4) is 0 Å². The third-order valence-electron chi connectivity index (χ3n) is 7.04. The zero-order chi connectivity index (χ0) is 28.7. The van der Waals surface area contributed by atoms with Gasteiger partial charge in [0.15, 0.2) is 0 Å². The van der Waals surface area contributed by atoms with Gasteiger partial charge in [0.1, 0.15) is 5.75 Å². The minimum atomic E-state index is -4.10. The first-order valence-corrected chi connectivity index (χ1v) is 15.2. The van der Waals surface area contributed by atoms with E-state index in [-0.39, 0.29) is 10.8 Å². The maximum absolute atomic E-state index is 12.9. The Bertz CT molecular complexity index is 1460. The van der Waals surface area contributed by atoms with Crippen molar-refractivity contribution in [1.82, 2.24) is 15.4 Å². The molecule has 2 aromatic rings. The highest BCUT2D eigenvalue weighted by Crippen LogP contribution is 2.36. The number of sulfonamides is 1. The van der Waals surface area contributed by atoms with Crippen molar-refractivity contribution in [3.8, 4) is 5.75 Å². The van der Waals surface area contributed by atoms with Gasteiger partial charge in [0, 0.05) is 17.3 Å². The van der Waals surface area contributed by atoms with Gasteiger partial charge in [0.25, 0.3) is 15.9 Å². The molecule has 2 aliphatic carbocycles. The third kappa shape index (κ3) is 7.34. The number of carbonyl (C=O) groups excluding carboxylic acids is 2. The number of urea groups is 1. The summed E-state index contributed by atoms with van der Waals surface area (Å²) in [4.78, 5) is 25.3. The quantitative estimate of drug-likeness (QED) is 0.363. The number of ether oxygens (including phenoxy) is 1. The number of methoxy groups -OCH3 is 1. The molecule has 0 radical (unpaired) electrons. The molecule has 0 bridgehead atoms. The van der Waals surface area contributed by atoms with Crippen LogP contribution in [-0.4, -0.2) is 34.0 Å². The van der Waals surface area contributed by atoms with Gasteiger partial charge in [0.2, 0.25) is 0 Å². The zero-order valence-corrected chi connectivity index (χ0v) is 24.1. The van der Waals surface area contributed by atoms with E-state index in [0.29, 0.717) is 35.0 Å². The monoisotopic (exact) mass is 583 g/mol. The van der Waals surface area contributed by atoms with Crippen LogP contribution in [0.15, 0.2) is 82.4 Å². The summed E-state index contributed by atoms with van der Waals surface area (Å²) in [5.74, 6) is 0.0899. The number of benzene rings is 2. The maximum Gasteiger partial charge on any atom is 0.333 e. The first-order chi connectivity index (χ1) is 19.2. The van der Waals surface area contributed by atoms with Crippen LogP contribution in [0.1, 0.15) is 60.9 Å². The first-order valence-electron chi connectivity index (χ1n) is 13.3. The highest BCUT2D eigenvalue weighted by molar-refractivity contribution is 7.90. The Labute approximate surface area is 240 Å². The van der Waals surface area contributed by atoms with E-state index in [9.17, 15) is 18.0 Å². The molecule has 0 atom stereocenters. The molecule has 2 aromatic carbocycles. The van der Waals surface area contributed by atoms with Gasteiger partial charge in [-0.3, -0.25) is 4.79 Å². The van der Waals surface area contributed by atoms with E-state index in [4.69, 9.17) is 16.3 Å². The molecule has 40 heavy (non-hydrogen) atoms. The molecule has 0 unspecified atom stereocenters. The molecule has 2 aliphatic rings. The molecular weight excluding hydrogens is 550 g/mol. The highest BCUT2D eigenvalue weighted by atomic mass is 35.5. The average molecular weight is 584 g/mol. The standard InChI is InChI=1S/C30H34ClN3O5S/c1-20-7-4-3-5-8-22-9-6-10-25(22)28(20)33-30(36)34-40(37,38)24-14-11-21(12-15-24)17-18-32-29(35)26-19-23(31)13-16-27(26)39-2/h8,11-16,19H,1,3-7,9-10,17-18H2,2H3,(H,32,35)(H2,33,34,36)/b22-8-,28-25?. The van der Waals surface area contributed by atoms with Gasteiger partial charge in [0.05, 0.1) is 17.6 Å². The highest BCUT2D eigenvalue weighted by Gasteiger charge is 2.24. The molecule has 10 heteroatoms. The van der Waals surface area contributed by atoms with Gasteiger partial charge in [-0.05, 0) is 104 Å².